The van der Waals surface area contributed by atoms with E-state index in [1.165, 1.54) is 23.5 Å². The van der Waals surface area contributed by atoms with Gasteiger partial charge in [-0.25, -0.2) is 9.97 Å². The van der Waals surface area contributed by atoms with Crippen molar-refractivity contribution in [3.63, 3.8) is 0 Å². The number of thioether (sulfide) groups is 1. The number of hydrogen-bond acceptors (Lipinski definition) is 6. The smallest absolute Gasteiger partial charge is 0.271 e. The predicted molar refractivity (Wildman–Crippen MR) is 96.0 cm³/mol. The van der Waals surface area contributed by atoms with Crippen LogP contribution in [0.5, 0.6) is 0 Å². The Morgan fingerprint density at radius 1 is 1.25 bits per heavy atom. The maximum absolute atomic E-state index is 10.8. The van der Waals surface area contributed by atoms with Crippen LogP contribution in [0.2, 0.25) is 5.02 Å². The lowest BCUT2D eigenvalue weighted by Crippen LogP contribution is -1.86. The Kier molecular flexibility index (Phi) is 3.87. The number of imidazole rings is 1. The van der Waals surface area contributed by atoms with Crippen molar-refractivity contribution in [2.24, 2.45) is 0 Å². The SMILES string of the molecule is O=[N+]([O-])c1ccc2sc(SCc3cn4cc(Cl)ccc4n3)nc2c1. The van der Waals surface area contributed by atoms with E-state index in [1.54, 1.807) is 23.9 Å². The first-order valence-corrected chi connectivity index (χ1v) is 9.07. The molecule has 0 aliphatic rings. The second-order valence-electron chi connectivity index (χ2n) is 5.02. The molecule has 4 aromatic rings. The monoisotopic (exact) mass is 376 g/mol. The molecular formula is C15H9ClN4O2S2. The van der Waals surface area contributed by atoms with Crippen LogP contribution in [0.15, 0.2) is 47.1 Å². The summed E-state index contributed by atoms with van der Waals surface area (Å²) >= 11 is 9.05. The van der Waals surface area contributed by atoms with E-state index >= 15 is 0 Å². The van der Waals surface area contributed by atoms with Gasteiger partial charge in [-0.1, -0.05) is 23.4 Å². The Morgan fingerprint density at radius 2 is 2.12 bits per heavy atom. The molecule has 3 aromatic heterocycles. The number of rotatable bonds is 4. The van der Waals surface area contributed by atoms with Gasteiger partial charge in [0.05, 0.1) is 25.9 Å². The minimum absolute atomic E-state index is 0.0570. The van der Waals surface area contributed by atoms with Crippen molar-refractivity contribution >= 4 is 56.3 Å². The number of pyridine rings is 1. The van der Waals surface area contributed by atoms with Crippen molar-refractivity contribution in [2.45, 2.75) is 10.1 Å². The third kappa shape index (κ3) is 2.95. The Bertz CT molecular complexity index is 1080. The van der Waals surface area contributed by atoms with Gasteiger partial charge in [0.1, 0.15) is 5.65 Å². The zero-order chi connectivity index (χ0) is 16.7. The summed E-state index contributed by atoms with van der Waals surface area (Å²) in [6.45, 7) is 0. The van der Waals surface area contributed by atoms with Gasteiger partial charge in [0.2, 0.25) is 0 Å². The van der Waals surface area contributed by atoms with Crippen LogP contribution in [0, 0.1) is 10.1 Å². The molecule has 0 amide bonds. The topological polar surface area (TPSA) is 73.3 Å². The molecule has 0 saturated heterocycles. The fourth-order valence-corrected chi connectivity index (χ4v) is 4.39. The van der Waals surface area contributed by atoms with Crippen LogP contribution in [0.3, 0.4) is 0 Å². The van der Waals surface area contributed by atoms with E-state index in [0.717, 1.165) is 20.4 Å². The number of nitro benzene ring substituents is 1. The Hall–Kier alpha value is -2.16. The van der Waals surface area contributed by atoms with Gasteiger partial charge in [-0.2, -0.15) is 0 Å². The molecule has 1 aromatic carbocycles. The minimum Gasteiger partial charge on any atom is -0.305 e. The number of halogens is 1. The zero-order valence-corrected chi connectivity index (χ0v) is 14.4. The first-order valence-electron chi connectivity index (χ1n) is 6.89. The first kappa shape index (κ1) is 15.4. The molecule has 3 heterocycles. The van der Waals surface area contributed by atoms with Crippen LogP contribution in [0.25, 0.3) is 15.9 Å². The maximum Gasteiger partial charge on any atom is 0.271 e. The summed E-state index contributed by atoms with van der Waals surface area (Å²) in [5.74, 6) is 0.668. The average Bonchev–Trinajstić information content (AvgIpc) is 3.14. The van der Waals surface area contributed by atoms with Crippen LogP contribution >= 0.6 is 34.7 Å². The lowest BCUT2D eigenvalue weighted by atomic mass is 10.3. The van der Waals surface area contributed by atoms with Crippen molar-refractivity contribution in [1.29, 1.82) is 0 Å². The van der Waals surface area contributed by atoms with E-state index in [2.05, 4.69) is 9.97 Å². The Balaban J connectivity index is 1.56. The molecular weight excluding hydrogens is 368 g/mol. The molecule has 0 atom stereocenters. The fourth-order valence-electron chi connectivity index (χ4n) is 2.29. The van der Waals surface area contributed by atoms with Gasteiger partial charge < -0.3 is 4.40 Å². The zero-order valence-electron chi connectivity index (χ0n) is 12.0. The van der Waals surface area contributed by atoms with Gasteiger partial charge in [0.15, 0.2) is 4.34 Å². The number of hydrogen-bond donors (Lipinski definition) is 0. The van der Waals surface area contributed by atoms with Crippen molar-refractivity contribution in [3.05, 3.63) is 63.6 Å². The van der Waals surface area contributed by atoms with Gasteiger partial charge in [-0.3, -0.25) is 10.1 Å². The first-order chi connectivity index (χ1) is 11.6. The van der Waals surface area contributed by atoms with Crippen LogP contribution in [0.4, 0.5) is 5.69 Å². The highest BCUT2D eigenvalue weighted by atomic mass is 35.5. The van der Waals surface area contributed by atoms with E-state index < -0.39 is 4.92 Å². The van der Waals surface area contributed by atoms with E-state index in [1.807, 2.05) is 22.9 Å². The van der Waals surface area contributed by atoms with Gasteiger partial charge >= 0.3 is 0 Å². The van der Waals surface area contributed by atoms with Crippen LogP contribution < -0.4 is 0 Å². The minimum atomic E-state index is -0.409. The molecule has 0 fully saturated rings. The Labute approximate surface area is 149 Å². The molecule has 0 N–H and O–H groups in total. The number of nitro groups is 1. The number of non-ortho nitro benzene ring substituents is 1. The molecule has 9 heteroatoms. The number of aromatic nitrogens is 3. The van der Waals surface area contributed by atoms with Gasteiger partial charge in [0, 0.05) is 30.3 Å². The highest BCUT2D eigenvalue weighted by molar-refractivity contribution is 8.00. The van der Waals surface area contributed by atoms with E-state index in [4.69, 9.17) is 11.6 Å². The second kappa shape index (κ2) is 6.04. The van der Waals surface area contributed by atoms with Gasteiger partial charge in [-0.05, 0) is 18.2 Å². The molecule has 0 saturated carbocycles. The highest BCUT2D eigenvalue weighted by Gasteiger charge is 2.11. The Morgan fingerprint density at radius 3 is 2.96 bits per heavy atom. The standard InChI is InChI=1S/C15H9ClN4O2S2/c16-9-1-4-14-17-10(7-19(14)6-9)8-23-15-18-12-5-11(20(21)22)2-3-13(12)24-15/h1-7H,8H2. The van der Waals surface area contributed by atoms with Gasteiger partial charge in [0.25, 0.3) is 5.69 Å². The molecule has 0 bridgehead atoms. The molecule has 0 aliphatic carbocycles. The van der Waals surface area contributed by atoms with Crippen LogP contribution in [0.1, 0.15) is 5.69 Å². The summed E-state index contributed by atoms with van der Waals surface area (Å²) in [6, 6.07) is 8.42. The second-order valence-corrected chi connectivity index (χ2v) is 7.71. The maximum atomic E-state index is 10.8. The lowest BCUT2D eigenvalue weighted by molar-refractivity contribution is -0.384. The summed E-state index contributed by atoms with van der Waals surface area (Å²) in [5, 5.41) is 11.5. The van der Waals surface area contributed by atoms with E-state index in [9.17, 15) is 10.1 Å². The van der Waals surface area contributed by atoms with Crippen molar-refractivity contribution in [1.82, 2.24) is 14.4 Å². The molecule has 0 aliphatic heterocycles. The quantitative estimate of drug-likeness (QED) is 0.290. The van der Waals surface area contributed by atoms with Crippen molar-refractivity contribution in [2.75, 3.05) is 0 Å². The summed E-state index contributed by atoms with van der Waals surface area (Å²) in [7, 11) is 0. The summed E-state index contributed by atoms with van der Waals surface area (Å²) in [5.41, 5.74) is 2.47. The molecule has 4 rings (SSSR count). The predicted octanol–water partition coefficient (Wildman–Crippen LogP) is 4.80. The summed E-state index contributed by atoms with van der Waals surface area (Å²) < 4.78 is 3.69. The fraction of sp³-hybridized carbons (Fsp3) is 0.0667. The number of benzene rings is 1. The van der Waals surface area contributed by atoms with Crippen LogP contribution in [-0.2, 0) is 5.75 Å². The molecule has 0 radical (unpaired) electrons. The van der Waals surface area contributed by atoms with Crippen molar-refractivity contribution in [3.8, 4) is 0 Å². The largest absolute Gasteiger partial charge is 0.305 e. The number of thiazole rings is 1. The third-order valence-electron chi connectivity index (χ3n) is 3.37. The lowest BCUT2D eigenvalue weighted by Gasteiger charge is -1.92. The third-order valence-corrected chi connectivity index (χ3v) is 5.81. The number of nitrogens with zero attached hydrogens (tertiary/aromatic N) is 4. The molecule has 24 heavy (non-hydrogen) atoms. The molecule has 0 spiro atoms. The van der Waals surface area contributed by atoms with Crippen LogP contribution in [-0.4, -0.2) is 19.3 Å². The number of fused-ring (bicyclic) bond motifs is 2. The van der Waals surface area contributed by atoms with Crippen molar-refractivity contribution < 1.29 is 4.92 Å². The summed E-state index contributed by atoms with van der Waals surface area (Å²) in [6.07, 6.45) is 3.75. The highest BCUT2D eigenvalue weighted by Crippen LogP contribution is 2.33. The average molecular weight is 377 g/mol. The molecule has 0 unspecified atom stereocenters. The van der Waals surface area contributed by atoms with Gasteiger partial charge in [-0.15, -0.1) is 11.3 Å². The van der Waals surface area contributed by atoms with E-state index in [0.29, 0.717) is 16.3 Å². The normalized spacial score (nSPS) is 11.4. The molecule has 6 nitrogen and oxygen atoms in total. The summed E-state index contributed by atoms with van der Waals surface area (Å²) in [4.78, 5) is 19.4. The molecule has 120 valence electrons. The van der Waals surface area contributed by atoms with E-state index in [-0.39, 0.29) is 5.69 Å².